The SMILES string of the molecule is CC/C=C\C/C=C\C/C=C\C/C=C\CCCCCCCCC(=O)NC(COC1OC(CO)C(O)C(O)C1O)C(O)CCCCCCCCCCCCCCCCCCCCCCCCCCCCC. The molecule has 0 bridgehead atoms. The first-order valence-electron chi connectivity index (χ1n) is 29.3. The third-order valence-electron chi connectivity index (χ3n) is 13.9. The van der Waals surface area contributed by atoms with Crippen LogP contribution in [0.2, 0.25) is 0 Å². The van der Waals surface area contributed by atoms with Gasteiger partial charge in [0.25, 0.3) is 0 Å². The molecule has 1 heterocycles. The summed E-state index contributed by atoms with van der Waals surface area (Å²) < 4.78 is 11.3. The van der Waals surface area contributed by atoms with E-state index in [0.717, 1.165) is 77.0 Å². The first-order valence-corrected chi connectivity index (χ1v) is 29.3. The van der Waals surface area contributed by atoms with Crippen LogP contribution in [0.5, 0.6) is 0 Å². The number of aliphatic hydroxyl groups excluding tert-OH is 5. The molecule has 404 valence electrons. The number of ether oxygens (including phenoxy) is 2. The number of hydrogen-bond donors (Lipinski definition) is 6. The van der Waals surface area contributed by atoms with Crippen LogP contribution < -0.4 is 5.32 Å². The molecule has 7 unspecified atom stereocenters. The molecule has 0 aromatic heterocycles. The Labute approximate surface area is 424 Å². The van der Waals surface area contributed by atoms with Gasteiger partial charge >= 0.3 is 0 Å². The highest BCUT2D eigenvalue weighted by molar-refractivity contribution is 5.76. The summed E-state index contributed by atoms with van der Waals surface area (Å²) >= 11 is 0. The maximum absolute atomic E-state index is 13.1. The molecule has 1 aliphatic rings. The Kier molecular flexibility index (Phi) is 47.0. The van der Waals surface area contributed by atoms with Crippen LogP contribution in [0.1, 0.15) is 271 Å². The van der Waals surface area contributed by atoms with Crippen molar-refractivity contribution in [3.63, 3.8) is 0 Å². The van der Waals surface area contributed by atoms with E-state index in [4.69, 9.17) is 9.47 Å². The van der Waals surface area contributed by atoms with E-state index in [1.54, 1.807) is 0 Å². The second-order valence-electron chi connectivity index (χ2n) is 20.4. The lowest BCUT2D eigenvalue weighted by Gasteiger charge is -2.40. The maximum atomic E-state index is 13.1. The number of hydrogen-bond acceptors (Lipinski definition) is 8. The summed E-state index contributed by atoms with van der Waals surface area (Å²) in [5.74, 6) is -0.156. The van der Waals surface area contributed by atoms with Gasteiger partial charge in [-0.3, -0.25) is 4.79 Å². The molecule has 1 rings (SSSR count). The van der Waals surface area contributed by atoms with Crippen LogP contribution in [0.15, 0.2) is 48.6 Å². The molecule has 1 saturated heterocycles. The summed E-state index contributed by atoms with van der Waals surface area (Å²) in [5, 5.41) is 54.7. The molecule has 7 atom stereocenters. The summed E-state index contributed by atoms with van der Waals surface area (Å²) in [6.45, 7) is 3.74. The molecule has 1 fully saturated rings. The third-order valence-corrected chi connectivity index (χ3v) is 13.9. The molecule has 0 radical (unpaired) electrons. The van der Waals surface area contributed by atoms with Crippen molar-refractivity contribution in [2.24, 2.45) is 0 Å². The highest BCUT2D eigenvalue weighted by Crippen LogP contribution is 2.23. The second kappa shape index (κ2) is 49.7. The number of aliphatic hydroxyl groups is 5. The second-order valence-corrected chi connectivity index (χ2v) is 20.4. The van der Waals surface area contributed by atoms with Crippen LogP contribution in [0, 0.1) is 0 Å². The minimum atomic E-state index is -1.56. The van der Waals surface area contributed by atoms with E-state index in [-0.39, 0.29) is 12.5 Å². The van der Waals surface area contributed by atoms with Gasteiger partial charge in [0, 0.05) is 6.42 Å². The van der Waals surface area contributed by atoms with Gasteiger partial charge in [0.2, 0.25) is 5.91 Å². The molecule has 1 aliphatic heterocycles. The van der Waals surface area contributed by atoms with Crippen molar-refractivity contribution < 1.29 is 39.8 Å². The van der Waals surface area contributed by atoms with Gasteiger partial charge < -0.3 is 40.3 Å². The number of carbonyl (C=O) groups excluding carboxylic acids is 1. The topological polar surface area (TPSA) is 149 Å². The molecular weight excluding hydrogens is 863 g/mol. The van der Waals surface area contributed by atoms with Crippen LogP contribution in [-0.2, 0) is 14.3 Å². The molecule has 9 nitrogen and oxygen atoms in total. The zero-order chi connectivity index (χ0) is 50.1. The minimum Gasteiger partial charge on any atom is -0.394 e. The quantitative estimate of drug-likeness (QED) is 0.0261. The van der Waals surface area contributed by atoms with E-state index in [0.29, 0.717) is 12.8 Å². The Hall–Kier alpha value is -1.85. The summed E-state index contributed by atoms with van der Waals surface area (Å²) in [6.07, 6.45) is 58.6. The van der Waals surface area contributed by atoms with Gasteiger partial charge in [-0.15, -0.1) is 0 Å². The van der Waals surface area contributed by atoms with Crippen molar-refractivity contribution >= 4 is 5.91 Å². The molecule has 0 saturated carbocycles. The number of carbonyl (C=O) groups is 1. The van der Waals surface area contributed by atoms with E-state index in [9.17, 15) is 30.3 Å². The van der Waals surface area contributed by atoms with E-state index in [1.165, 1.54) is 167 Å². The van der Waals surface area contributed by atoms with E-state index >= 15 is 0 Å². The average molecular weight is 975 g/mol. The minimum absolute atomic E-state index is 0.144. The summed E-state index contributed by atoms with van der Waals surface area (Å²) in [7, 11) is 0. The zero-order valence-corrected chi connectivity index (χ0v) is 44.8. The summed E-state index contributed by atoms with van der Waals surface area (Å²) in [4.78, 5) is 13.1. The molecule has 0 aliphatic carbocycles. The van der Waals surface area contributed by atoms with Gasteiger partial charge in [-0.05, 0) is 51.4 Å². The first kappa shape index (κ1) is 65.2. The Morgan fingerprint density at radius 1 is 0.507 bits per heavy atom. The standard InChI is InChI=1S/C60H111NO8/c1-3-5-7-9-11-13-15-17-19-21-23-24-25-26-27-28-29-30-32-33-35-37-39-41-43-45-47-49-54(63)53(52-68-60-59(67)58(66)57(65)55(51-62)69-60)61-56(64)50-48-46-44-42-40-38-36-34-31-22-20-18-16-14-12-10-8-6-4-2/h6,8,12,14,18,20,31,34,53-55,57-60,62-63,65-67H,3-5,7,9-11,13,15-17,19,21-30,32-33,35-52H2,1-2H3,(H,61,64)/b8-6-,14-12-,20-18-,34-31-. The van der Waals surface area contributed by atoms with E-state index < -0.39 is 49.5 Å². The molecule has 6 N–H and O–H groups in total. The van der Waals surface area contributed by atoms with Gasteiger partial charge in [0.1, 0.15) is 24.4 Å². The van der Waals surface area contributed by atoms with Crippen molar-refractivity contribution in [3.05, 3.63) is 48.6 Å². The number of rotatable bonds is 50. The Bertz CT molecular complexity index is 1220. The Balaban J connectivity index is 2.19. The lowest BCUT2D eigenvalue weighted by atomic mass is 9.99. The van der Waals surface area contributed by atoms with Crippen LogP contribution in [0.4, 0.5) is 0 Å². The fraction of sp³-hybridized carbons (Fsp3) is 0.850. The zero-order valence-electron chi connectivity index (χ0n) is 44.8. The molecule has 0 spiro atoms. The Morgan fingerprint density at radius 2 is 0.899 bits per heavy atom. The number of nitrogens with one attached hydrogen (secondary N) is 1. The van der Waals surface area contributed by atoms with Crippen LogP contribution >= 0.6 is 0 Å². The molecule has 1 amide bonds. The highest BCUT2D eigenvalue weighted by Gasteiger charge is 2.44. The highest BCUT2D eigenvalue weighted by atomic mass is 16.7. The van der Waals surface area contributed by atoms with Gasteiger partial charge in [0.15, 0.2) is 6.29 Å². The molecule has 9 heteroatoms. The fourth-order valence-electron chi connectivity index (χ4n) is 9.33. The van der Waals surface area contributed by atoms with Gasteiger partial charge in [-0.1, -0.05) is 262 Å². The monoisotopic (exact) mass is 974 g/mol. The van der Waals surface area contributed by atoms with E-state index in [2.05, 4.69) is 67.8 Å². The number of allylic oxidation sites excluding steroid dienone is 8. The summed E-state index contributed by atoms with van der Waals surface area (Å²) in [5.41, 5.74) is 0. The third kappa shape index (κ3) is 39.4. The number of unbranched alkanes of at least 4 members (excludes halogenated alkanes) is 32. The van der Waals surface area contributed by atoms with Crippen molar-refractivity contribution in [2.75, 3.05) is 13.2 Å². The van der Waals surface area contributed by atoms with Crippen LogP contribution in [0.25, 0.3) is 0 Å². The van der Waals surface area contributed by atoms with Crippen molar-refractivity contribution in [1.82, 2.24) is 5.32 Å². The lowest BCUT2D eigenvalue weighted by Crippen LogP contribution is -2.60. The largest absolute Gasteiger partial charge is 0.394 e. The average Bonchev–Trinajstić information content (AvgIpc) is 3.35. The maximum Gasteiger partial charge on any atom is 0.220 e. The van der Waals surface area contributed by atoms with Crippen LogP contribution in [0.3, 0.4) is 0 Å². The lowest BCUT2D eigenvalue weighted by molar-refractivity contribution is -0.302. The van der Waals surface area contributed by atoms with Gasteiger partial charge in [-0.25, -0.2) is 0 Å². The smallest absolute Gasteiger partial charge is 0.220 e. The van der Waals surface area contributed by atoms with Gasteiger partial charge in [0.05, 0.1) is 25.4 Å². The summed E-state index contributed by atoms with van der Waals surface area (Å²) in [6, 6.07) is -0.729. The Morgan fingerprint density at radius 3 is 1.33 bits per heavy atom. The van der Waals surface area contributed by atoms with Crippen molar-refractivity contribution in [3.8, 4) is 0 Å². The van der Waals surface area contributed by atoms with Crippen molar-refractivity contribution in [2.45, 2.75) is 314 Å². The number of amides is 1. The van der Waals surface area contributed by atoms with Gasteiger partial charge in [-0.2, -0.15) is 0 Å². The van der Waals surface area contributed by atoms with E-state index in [1.807, 2.05) is 0 Å². The van der Waals surface area contributed by atoms with Crippen LogP contribution in [-0.4, -0.2) is 87.5 Å². The molecule has 69 heavy (non-hydrogen) atoms. The normalized spacial score (nSPS) is 19.8. The fourth-order valence-corrected chi connectivity index (χ4v) is 9.33. The predicted molar refractivity (Wildman–Crippen MR) is 290 cm³/mol. The first-order chi connectivity index (χ1) is 33.8. The molecular formula is C60H111NO8. The van der Waals surface area contributed by atoms with Crippen molar-refractivity contribution in [1.29, 1.82) is 0 Å². The predicted octanol–water partition coefficient (Wildman–Crippen LogP) is 14.5. The molecule has 0 aromatic carbocycles. The molecule has 0 aromatic rings.